The number of pyridine rings is 1. The van der Waals surface area contributed by atoms with Crippen LogP contribution in [0.25, 0.3) is 38.9 Å². The van der Waals surface area contributed by atoms with Gasteiger partial charge in [0.1, 0.15) is 12.4 Å². The van der Waals surface area contributed by atoms with Gasteiger partial charge in [0.05, 0.1) is 23.5 Å². The summed E-state index contributed by atoms with van der Waals surface area (Å²) in [5.41, 5.74) is 12.6. The quantitative estimate of drug-likeness (QED) is 0.231. The maximum atomic E-state index is 9.13. The third-order valence-corrected chi connectivity index (χ3v) is 6.23. The number of aliphatic hydroxyl groups is 1. The van der Waals surface area contributed by atoms with Gasteiger partial charge in [-0.1, -0.05) is 55.1 Å². The molecule has 3 aromatic carbocycles. The molecule has 0 aliphatic heterocycles. The van der Waals surface area contributed by atoms with Crippen LogP contribution >= 0.6 is 0 Å². The fourth-order valence-electron chi connectivity index (χ4n) is 4.23. The number of hydrogen-bond donors (Lipinski definition) is 3. The summed E-state index contributed by atoms with van der Waals surface area (Å²) >= 11 is 0. The smallest absolute Gasteiger partial charge is 0.192 e. The van der Waals surface area contributed by atoms with Crippen LogP contribution in [-0.2, 0) is 6.61 Å². The fraction of sp³-hybridized carbons (Fsp3) is 0.0667. The number of aliphatic hydroxyl groups excluding tert-OH is 1. The highest BCUT2D eigenvalue weighted by Gasteiger charge is 2.12. The minimum Gasteiger partial charge on any atom is -0.485 e. The molecule has 9 heteroatoms. The van der Waals surface area contributed by atoms with Crippen molar-refractivity contribution < 1.29 is 9.84 Å². The minimum absolute atomic E-state index is 0.147. The zero-order chi connectivity index (χ0) is 26.6. The molecule has 0 bridgehead atoms. The maximum Gasteiger partial charge on any atom is 0.192 e. The molecule has 3 N–H and O–H groups in total. The lowest BCUT2D eigenvalue weighted by molar-refractivity contribution is 0.296. The summed E-state index contributed by atoms with van der Waals surface area (Å²) in [7, 11) is 0. The van der Waals surface area contributed by atoms with Crippen molar-refractivity contribution in [2.45, 2.75) is 6.61 Å². The molecule has 0 fully saturated rings. The van der Waals surface area contributed by atoms with Crippen LogP contribution < -0.4 is 15.6 Å². The van der Waals surface area contributed by atoms with E-state index in [0.29, 0.717) is 22.9 Å². The minimum atomic E-state index is -0.147. The SMILES string of the molecule is C=C(CO)NNc1cccc(-c2ccc3c(OCc4nnc5ccc(-c6ccccc6)nn45)ccnc3c2)c1. The van der Waals surface area contributed by atoms with Gasteiger partial charge in [-0.3, -0.25) is 4.98 Å². The highest BCUT2D eigenvalue weighted by atomic mass is 16.5. The first kappa shape index (κ1) is 24.1. The second kappa shape index (κ2) is 10.6. The van der Waals surface area contributed by atoms with Gasteiger partial charge in [0.2, 0.25) is 0 Å². The van der Waals surface area contributed by atoms with Crippen molar-refractivity contribution in [3.05, 3.63) is 115 Å². The summed E-state index contributed by atoms with van der Waals surface area (Å²) in [5, 5.41) is 23.3. The zero-order valence-electron chi connectivity index (χ0n) is 21.0. The molecule has 39 heavy (non-hydrogen) atoms. The Balaban J connectivity index is 1.23. The van der Waals surface area contributed by atoms with Gasteiger partial charge in [-0.2, -0.15) is 9.61 Å². The van der Waals surface area contributed by atoms with Crippen molar-refractivity contribution in [3.63, 3.8) is 0 Å². The largest absolute Gasteiger partial charge is 0.485 e. The van der Waals surface area contributed by atoms with Crippen LogP contribution in [0.1, 0.15) is 5.82 Å². The highest BCUT2D eigenvalue weighted by Crippen LogP contribution is 2.30. The number of benzene rings is 3. The number of hydrazine groups is 1. The third-order valence-electron chi connectivity index (χ3n) is 6.23. The van der Waals surface area contributed by atoms with Crippen molar-refractivity contribution in [1.82, 2.24) is 30.2 Å². The summed E-state index contributed by atoms with van der Waals surface area (Å²) < 4.78 is 7.91. The normalized spacial score (nSPS) is 11.0. The lowest BCUT2D eigenvalue weighted by atomic mass is 10.0. The highest BCUT2D eigenvalue weighted by molar-refractivity contribution is 5.89. The summed E-state index contributed by atoms with van der Waals surface area (Å²) in [5.74, 6) is 1.30. The molecule has 0 atom stereocenters. The Morgan fingerprint density at radius 3 is 2.59 bits per heavy atom. The van der Waals surface area contributed by atoms with E-state index in [1.807, 2.05) is 91.0 Å². The van der Waals surface area contributed by atoms with Crippen LogP contribution in [0.2, 0.25) is 0 Å². The van der Waals surface area contributed by atoms with E-state index in [0.717, 1.165) is 39.0 Å². The van der Waals surface area contributed by atoms with Gasteiger partial charge in [0, 0.05) is 22.8 Å². The number of fused-ring (bicyclic) bond motifs is 2. The van der Waals surface area contributed by atoms with E-state index in [4.69, 9.17) is 14.9 Å². The zero-order valence-corrected chi connectivity index (χ0v) is 21.0. The Hall–Kier alpha value is -5.28. The molecule has 9 nitrogen and oxygen atoms in total. The molecule has 6 aromatic rings. The number of rotatable bonds is 9. The summed E-state index contributed by atoms with van der Waals surface area (Å²) in [6.07, 6.45) is 1.73. The van der Waals surface area contributed by atoms with E-state index in [-0.39, 0.29) is 13.2 Å². The van der Waals surface area contributed by atoms with Crippen LogP contribution in [0.15, 0.2) is 109 Å². The molecular weight excluding hydrogens is 490 g/mol. The fourth-order valence-corrected chi connectivity index (χ4v) is 4.23. The molecule has 0 amide bonds. The Morgan fingerprint density at radius 1 is 0.872 bits per heavy atom. The van der Waals surface area contributed by atoms with E-state index in [2.05, 4.69) is 32.6 Å². The van der Waals surface area contributed by atoms with E-state index < -0.39 is 0 Å². The first-order valence-corrected chi connectivity index (χ1v) is 12.4. The first-order valence-electron chi connectivity index (χ1n) is 12.4. The van der Waals surface area contributed by atoms with Gasteiger partial charge >= 0.3 is 0 Å². The molecule has 0 aliphatic rings. The third kappa shape index (κ3) is 5.11. The number of nitrogens with one attached hydrogen (secondary N) is 2. The van der Waals surface area contributed by atoms with E-state index in [1.165, 1.54) is 0 Å². The Morgan fingerprint density at radius 2 is 1.72 bits per heavy atom. The first-order chi connectivity index (χ1) is 19.2. The summed E-state index contributed by atoms with van der Waals surface area (Å²) in [4.78, 5) is 4.57. The van der Waals surface area contributed by atoms with E-state index >= 15 is 0 Å². The van der Waals surface area contributed by atoms with Crippen molar-refractivity contribution in [2.75, 3.05) is 12.0 Å². The van der Waals surface area contributed by atoms with Crippen molar-refractivity contribution in [1.29, 1.82) is 0 Å². The predicted molar refractivity (Wildman–Crippen MR) is 151 cm³/mol. The molecule has 0 radical (unpaired) electrons. The molecule has 192 valence electrons. The van der Waals surface area contributed by atoms with Crippen LogP contribution in [-0.4, -0.2) is 36.5 Å². The van der Waals surface area contributed by atoms with Gasteiger partial charge in [-0.05, 0) is 53.6 Å². The number of aromatic nitrogens is 5. The Kier molecular flexibility index (Phi) is 6.55. The van der Waals surface area contributed by atoms with Gasteiger partial charge in [0.25, 0.3) is 0 Å². The molecule has 3 heterocycles. The second-order valence-electron chi connectivity index (χ2n) is 8.89. The number of hydrogen-bond acceptors (Lipinski definition) is 8. The molecule has 0 spiro atoms. The summed E-state index contributed by atoms with van der Waals surface area (Å²) in [6.45, 7) is 3.77. The maximum absolute atomic E-state index is 9.13. The average Bonchev–Trinajstić information content (AvgIpc) is 3.41. The van der Waals surface area contributed by atoms with E-state index in [1.54, 1.807) is 10.7 Å². The van der Waals surface area contributed by atoms with Crippen LogP contribution in [0, 0.1) is 0 Å². The number of nitrogens with zero attached hydrogens (tertiary/aromatic N) is 5. The second-order valence-corrected chi connectivity index (χ2v) is 8.89. The van der Waals surface area contributed by atoms with Gasteiger partial charge in [0.15, 0.2) is 11.5 Å². The Labute approximate surface area is 224 Å². The molecule has 0 saturated heterocycles. The topological polar surface area (TPSA) is 109 Å². The van der Waals surface area contributed by atoms with Gasteiger partial charge in [-0.25, -0.2) is 0 Å². The average molecular weight is 516 g/mol. The number of anilines is 1. The van der Waals surface area contributed by atoms with Crippen LogP contribution in [0.4, 0.5) is 5.69 Å². The predicted octanol–water partition coefficient (Wildman–Crippen LogP) is 5.01. The van der Waals surface area contributed by atoms with Crippen LogP contribution in [0.3, 0.4) is 0 Å². The molecule has 3 aromatic heterocycles. The van der Waals surface area contributed by atoms with Crippen molar-refractivity contribution >= 4 is 22.2 Å². The lowest BCUT2D eigenvalue weighted by Gasteiger charge is -2.12. The summed E-state index contributed by atoms with van der Waals surface area (Å²) in [6, 6.07) is 29.7. The molecule has 0 saturated carbocycles. The monoisotopic (exact) mass is 515 g/mol. The van der Waals surface area contributed by atoms with E-state index in [9.17, 15) is 0 Å². The van der Waals surface area contributed by atoms with Crippen molar-refractivity contribution in [3.8, 4) is 28.1 Å². The lowest BCUT2D eigenvalue weighted by Crippen LogP contribution is -2.22. The molecule has 0 unspecified atom stereocenters. The number of ether oxygens (including phenoxy) is 1. The Bertz CT molecular complexity index is 1780. The molecular formula is C30H25N7O2. The molecule has 6 rings (SSSR count). The van der Waals surface area contributed by atoms with Gasteiger partial charge < -0.3 is 20.7 Å². The standard InChI is InChI=1S/C30H25N7O2/c1-20(18-38)32-33-24-9-5-8-22(16-24)23-10-11-25-27(17-23)31-15-14-28(25)39-19-30-35-34-29-13-12-26(36-37(29)30)21-6-3-2-4-7-21/h2-17,32-33,38H,1,18-19H2. The van der Waals surface area contributed by atoms with Crippen molar-refractivity contribution in [2.24, 2.45) is 0 Å². The van der Waals surface area contributed by atoms with Gasteiger partial charge in [-0.15, -0.1) is 10.2 Å². The molecule has 0 aliphatic carbocycles. The van der Waals surface area contributed by atoms with Crippen LogP contribution in [0.5, 0.6) is 5.75 Å².